The molecule has 0 aliphatic heterocycles. The number of carboxylic acid groups (broad SMARTS) is 1. The van der Waals surface area contributed by atoms with Crippen LogP contribution in [0.2, 0.25) is 0 Å². The zero-order valence-electron chi connectivity index (χ0n) is 18.1. The van der Waals surface area contributed by atoms with Crippen LogP contribution in [0.4, 0.5) is 0 Å². The molecule has 4 unspecified atom stereocenters. The van der Waals surface area contributed by atoms with Gasteiger partial charge in [-0.2, -0.15) is 0 Å². The quantitative estimate of drug-likeness (QED) is 0.0769. The molecule has 0 aromatic heterocycles. The number of guanidine groups is 1. The summed E-state index contributed by atoms with van der Waals surface area (Å²) >= 11 is 0. The first-order valence-electron chi connectivity index (χ1n) is 9.95. The molecule has 0 radical (unpaired) electrons. The molecule has 0 rings (SSSR count). The molecule has 0 fully saturated rings. The van der Waals surface area contributed by atoms with Crippen molar-refractivity contribution in [1.29, 1.82) is 0 Å². The number of aliphatic imine (C=N–C) groups is 1. The Morgan fingerprint density at radius 3 is 2.03 bits per heavy atom. The Balaban J connectivity index is 5.29. The van der Waals surface area contributed by atoms with Crippen LogP contribution in [0.15, 0.2) is 4.99 Å². The van der Waals surface area contributed by atoms with Crippen LogP contribution >= 0.6 is 0 Å². The fourth-order valence-electron chi connectivity index (χ4n) is 2.64. The molecule has 0 aromatic carbocycles. The average molecular weight is 446 g/mol. The number of rotatable bonds is 14. The van der Waals surface area contributed by atoms with Gasteiger partial charge >= 0.3 is 5.97 Å². The lowest BCUT2D eigenvalue weighted by atomic mass is 10.0. The average Bonchev–Trinajstić information content (AvgIpc) is 2.66. The van der Waals surface area contributed by atoms with Crippen molar-refractivity contribution in [3.05, 3.63) is 0 Å². The van der Waals surface area contributed by atoms with Gasteiger partial charge < -0.3 is 43.4 Å². The van der Waals surface area contributed by atoms with Crippen LogP contribution in [0, 0.1) is 5.92 Å². The number of aliphatic hydroxyl groups is 1. The SMILES string of the molecule is CC(C)CC(NC(=O)C(NC(=O)C(CCCN=C(N)N)NC(=O)CN)C(C)O)C(=O)O. The van der Waals surface area contributed by atoms with Crippen molar-refractivity contribution in [1.82, 2.24) is 16.0 Å². The highest BCUT2D eigenvalue weighted by Crippen LogP contribution is 2.07. The van der Waals surface area contributed by atoms with E-state index in [-0.39, 0.29) is 37.8 Å². The van der Waals surface area contributed by atoms with Gasteiger partial charge in [-0.05, 0) is 32.1 Å². The van der Waals surface area contributed by atoms with Crippen LogP contribution in [0.1, 0.15) is 40.0 Å². The van der Waals surface area contributed by atoms with Crippen molar-refractivity contribution in [2.45, 2.75) is 64.3 Å². The summed E-state index contributed by atoms with van der Waals surface area (Å²) in [5, 5.41) is 26.4. The number of carboxylic acids is 1. The molecule has 4 atom stereocenters. The smallest absolute Gasteiger partial charge is 0.326 e. The van der Waals surface area contributed by atoms with E-state index in [0.29, 0.717) is 6.42 Å². The lowest BCUT2D eigenvalue weighted by molar-refractivity contribution is -0.143. The number of aliphatic hydroxyl groups excluding tert-OH is 1. The Morgan fingerprint density at radius 1 is 0.968 bits per heavy atom. The molecule has 0 spiro atoms. The summed E-state index contributed by atoms with van der Waals surface area (Å²) in [5.74, 6) is -3.56. The number of amides is 3. The molecule has 31 heavy (non-hydrogen) atoms. The fraction of sp³-hybridized carbons (Fsp3) is 0.722. The second-order valence-electron chi connectivity index (χ2n) is 7.53. The van der Waals surface area contributed by atoms with Crippen LogP contribution < -0.4 is 33.2 Å². The molecular formula is C18H35N7O6. The first-order valence-corrected chi connectivity index (χ1v) is 9.95. The van der Waals surface area contributed by atoms with Crippen LogP contribution in [-0.4, -0.2) is 77.2 Å². The molecule has 0 bridgehead atoms. The maximum Gasteiger partial charge on any atom is 0.326 e. The minimum Gasteiger partial charge on any atom is -0.480 e. The standard InChI is InChI=1S/C18H35N7O6/c1-9(2)7-12(17(30)31)24-16(29)14(10(3)26)25-15(28)11(23-13(27)8-19)5-4-6-22-18(20)21/h9-12,14,26H,4-8,19H2,1-3H3,(H,23,27)(H,24,29)(H,25,28)(H,30,31)(H4,20,21,22). The zero-order chi connectivity index (χ0) is 24.1. The van der Waals surface area contributed by atoms with E-state index in [1.54, 1.807) is 13.8 Å². The number of carbonyl (C=O) groups excluding carboxylic acids is 3. The van der Waals surface area contributed by atoms with E-state index in [2.05, 4.69) is 20.9 Å². The second kappa shape index (κ2) is 14.1. The number of hydrogen-bond acceptors (Lipinski definition) is 7. The molecule has 0 aromatic rings. The zero-order valence-corrected chi connectivity index (χ0v) is 18.1. The third-order valence-corrected chi connectivity index (χ3v) is 4.17. The number of nitrogens with two attached hydrogens (primary N) is 3. The summed E-state index contributed by atoms with van der Waals surface area (Å²) in [6, 6.07) is -3.68. The predicted octanol–water partition coefficient (Wildman–Crippen LogP) is -3.04. The van der Waals surface area contributed by atoms with Gasteiger partial charge in [-0.3, -0.25) is 19.4 Å². The third kappa shape index (κ3) is 11.7. The molecule has 0 saturated carbocycles. The van der Waals surface area contributed by atoms with E-state index in [1.165, 1.54) is 6.92 Å². The number of nitrogens with zero attached hydrogens (tertiary/aromatic N) is 1. The molecule has 0 heterocycles. The van der Waals surface area contributed by atoms with Gasteiger partial charge in [0, 0.05) is 6.54 Å². The highest BCUT2D eigenvalue weighted by Gasteiger charge is 2.32. The number of carbonyl (C=O) groups is 4. The molecule has 0 aliphatic rings. The molecular weight excluding hydrogens is 410 g/mol. The maximum absolute atomic E-state index is 12.7. The minimum atomic E-state index is -1.43. The molecule has 0 aliphatic carbocycles. The molecule has 0 saturated heterocycles. The van der Waals surface area contributed by atoms with E-state index >= 15 is 0 Å². The Morgan fingerprint density at radius 2 is 1.58 bits per heavy atom. The van der Waals surface area contributed by atoms with Crippen molar-refractivity contribution < 1.29 is 29.4 Å². The number of hydrogen-bond donors (Lipinski definition) is 8. The van der Waals surface area contributed by atoms with Gasteiger partial charge in [0.2, 0.25) is 17.7 Å². The van der Waals surface area contributed by atoms with Crippen molar-refractivity contribution >= 4 is 29.7 Å². The van der Waals surface area contributed by atoms with Gasteiger partial charge in [-0.1, -0.05) is 13.8 Å². The molecule has 13 nitrogen and oxygen atoms in total. The van der Waals surface area contributed by atoms with E-state index in [0.717, 1.165) is 0 Å². The lowest BCUT2D eigenvalue weighted by Crippen LogP contribution is -2.59. The first kappa shape index (κ1) is 28.1. The van der Waals surface area contributed by atoms with Crippen LogP contribution in [-0.2, 0) is 19.2 Å². The summed E-state index contributed by atoms with van der Waals surface area (Å²) in [7, 11) is 0. The molecule has 13 heteroatoms. The summed E-state index contributed by atoms with van der Waals surface area (Å²) in [5.41, 5.74) is 15.8. The third-order valence-electron chi connectivity index (χ3n) is 4.17. The van der Waals surface area contributed by atoms with Gasteiger partial charge in [0.1, 0.15) is 18.1 Å². The van der Waals surface area contributed by atoms with E-state index in [9.17, 15) is 29.4 Å². The Labute approximate surface area is 181 Å². The van der Waals surface area contributed by atoms with Crippen molar-refractivity contribution in [2.75, 3.05) is 13.1 Å². The number of aliphatic carboxylic acids is 1. The highest BCUT2D eigenvalue weighted by molar-refractivity contribution is 5.93. The number of nitrogens with one attached hydrogen (secondary N) is 3. The summed E-state index contributed by atoms with van der Waals surface area (Å²) in [6.45, 7) is 4.72. The summed E-state index contributed by atoms with van der Waals surface area (Å²) in [4.78, 5) is 52.1. The molecule has 11 N–H and O–H groups in total. The largest absolute Gasteiger partial charge is 0.480 e. The van der Waals surface area contributed by atoms with Crippen molar-refractivity contribution in [2.24, 2.45) is 28.1 Å². The second-order valence-corrected chi connectivity index (χ2v) is 7.53. The van der Waals surface area contributed by atoms with Gasteiger partial charge in [0.25, 0.3) is 0 Å². The van der Waals surface area contributed by atoms with Crippen LogP contribution in [0.5, 0.6) is 0 Å². The van der Waals surface area contributed by atoms with Crippen LogP contribution in [0.25, 0.3) is 0 Å². The summed E-state index contributed by atoms with van der Waals surface area (Å²) in [6.07, 6.45) is -0.693. The summed E-state index contributed by atoms with van der Waals surface area (Å²) < 4.78 is 0. The Hall–Kier alpha value is -2.93. The Bertz CT molecular complexity index is 649. The fourth-order valence-corrected chi connectivity index (χ4v) is 2.64. The van der Waals surface area contributed by atoms with Gasteiger partial charge in [-0.15, -0.1) is 0 Å². The normalized spacial score (nSPS) is 14.6. The van der Waals surface area contributed by atoms with E-state index < -0.39 is 47.9 Å². The van der Waals surface area contributed by atoms with Crippen molar-refractivity contribution in [3.8, 4) is 0 Å². The van der Waals surface area contributed by atoms with Crippen LogP contribution in [0.3, 0.4) is 0 Å². The topological polar surface area (TPSA) is 235 Å². The van der Waals surface area contributed by atoms with Gasteiger partial charge in [0.15, 0.2) is 5.96 Å². The van der Waals surface area contributed by atoms with Gasteiger partial charge in [-0.25, -0.2) is 4.79 Å². The Kier molecular flexibility index (Phi) is 12.8. The minimum absolute atomic E-state index is 0.0120. The predicted molar refractivity (Wildman–Crippen MR) is 114 cm³/mol. The van der Waals surface area contributed by atoms with Crippen molar-refractivity contribution in [3.63, 3.8) is 0 Å². The highest BCUT2D eigenvalue weighted by atomic mass is 16.4. The maximum atomic E-state index is 12.7. The molecule has 3 amide bonds. The monoisotopic (exact) mass is 445 g/mol. The molecule has 178 valence electrons. The first-order chi connectivity index (χ1) is 14.4. The van der Waals surface area contributed by atoms with Gasteiger partial charge in [0.05, 0.1) is 12.6 Å². The lowest BCUT2D eigenvalue weighted by Gasteiger charge is -2.26. The van der Waals surface area contributed by atoms with E-state index in [1.807, 2.05) is 0 Å². The van der Waals surface area contributed by atoms with E-state index in [4.69, 9.17) is 17.2 Å².